The van der Waals surface area contributed by atoms with E-state index in [1.165, 1.54) is 22.2 Å². The Hall–Kier alpha value is -2.71. The summed E-state index contributed by atoms with van der Waals surface area (Å²) < 4.78 is 1.82. The summed E-state index contributed by atoms with van der Waals surface area (Å²) in [4.78, 5) is 25.4. The molecule has 0 aliphatic rings. The minimum absolute atomic E-state index is 0.0545. The van der Waals surface area contributed by atoms with Gasteiger partial charge in [0, 0.05) is 35.6 Å². The summed E-state index contributed by atoms with van der Waals surface area (Å²) in [5.74, 6) is 0.392. The van der Waals surface area contributed by atoms with Gasteiger partial charge in [0.05, 0.1) is 17.6 Å². The van der Waals surface area contributed by atoms with Crippen molar-refractivity contribution in [2.75, 3.05) is 12.8 Å². The minimum Gasteiger partial charge on any atom is -0.341 e. The molecule has 8 heteroatoms. The Morgan fingerprint density at radius 2 is 2.00 bits per heavy atom. The first-order valence-corrected chi connectivity index (χ1v) is 11.0. The van der Waals surface area contributed by atoms with Crippen LogP contribution in [0.4, 0.5) is 0 Å². The Balaban J connectivity index is 1.40. The smallest absolute Gasteiger partial charge is 0.233 e. The molecule has 6 nitrogen and oxygen atoms in total. The number of rotatable bonds is 6. The average Bonchev–Trinajstić information content (AvgIpc) is 3.31. The van der Waals surface area contributed by atoms with Crippen LogP contribution in [0.1, 0.15) is 16.0 Å². The molecule has 0 saturated carbocycles. The van der Waals surface area contributed by atoms with Crippen LogP contribution in [0.25, 0.3) is 15.9 Å². The topological polar surface area (TPSA) is 63.9 Å². The number of aromatic nitrogens is 4. The van der Waals surface area contributed by atoms with E-state index < -0.39 is 0 Å². The standard InChI is InChI=1S/C21H21N5OS2/c1-14-15(2)29-21-19(14)20(22-13-23-21)28-12-18(27)25(3)10-16-9-24-26(11-16)17-7-5-4-6-8-17/h4-9,11,13H,10,12H2,1-3H3. The van der Waals surface area contributed by atoms with Gasteiger partial charge < -0.3 is 4.90 Å². The number of amides is 1. The van der Waals surface area contributed by atoms with Crippen LogP contribution in [0, 0.1) is 13.8 Å². The number of hydrogen-bond donors (Lipinski definition) is 0. The lowest BCUT2D eigenvalue weighted by Gasteiger charge is -2.16. The van der Waals surface area contributed by atoms with Gasteiger partial charge in [0.2, 0.25) is 5.91 Å². The van der Waals surface area contributed by atoms with Gasteiger partial charge in [-0.1, -0.05) is 30.0 Å². The number of thioether (sulfide) groups is 1. The van der Waals surface area contributed by atoms with Crippen molar-refractivity contribution in [1.29, 1.82) is 0 Å². The molecule has 0 atom stereocenters. The highest BCUT2D eigenvalue weighted by atomic mass is 32.2. The van der Waals surface area contributed by atoms with E-state index in [4.69, 9.17) is 0 Å². The first kappa shape index (κ1) is 19.6. The zero-order chi connectivity index (χ0) is 20.4. The summed E-state index contributed by atoms with van der Waals surface area (Å²) in [5.41, 5.74) is 3.18. The molecule has 0 unspecified atom stereocenters. The van der Waals surface area contributed by atoms with Crippen molar-refractivity contribution in [2.24, 2.45) is 0 Å². The van der Waals surface area contributed by atoms with Gasteiger partial charge in [0.25, 0.3) is 0 Å². The molecule has 148 valence electrons. The molecule has 4 rings (SSSR count). The second-order valence-electron chi connectivity index (χ2n) is 6.81. The second-order valence-corrected chi connectivity index (χ2v) is 8.98. The first-order valence-electron chi connectivity index (χ1n) is 9.19. The molecule has 4 aromatic rings. The molecule has 0 saturated heterocycles. The van der Waals surface area contributed by atoms with Crippen molar-refractivity contribution in [3.05, 3.63) is 65.1 Å². The summed E-state index contributed by atoms with van der Waals surface area (Å²) in [6.45, 7) is 4.69. The Morgan fingerprint density at radius 1 is 1.21 bits per heavy atom. The zero-order valence-corrected chi connectivity index (χ0v) is 18.1. The van der Waals surface area contributed by atoms with Gasteiger partial charge in [0.15, 0.2) is 0 Å². The monoisotopic (exact) mass is 423 g/mol. The van der Waals surface area contributed by atoms with Crippen molar-refractivity contribution in [3.63, 3.8) is 0 Å². The van der Waals surface area contributed by atoms with E-state index in [0.717, 1.165) is 26.5 Å². The normalized spacial score (nSPS) is 11.1. The zero-order valence-electron chi connectivity index (χ0n) is 16.5. The van der Waals surface area contributed by atoms with Crippen molar-refractivity contribution in [3.8, 4) is 5.69 Å². The SMILES string of the molecule is Cc1sc2ncnc(SCC(=O)N(C)Cc3cnn(-c4ccccc4)c3)c2c1C. The van der Waals surface area contributed by atoms with Crippen LogP contribution < -0.4 is 0 Å². The van der Waals surface area contributed by atoms with Crippen molar-refractivity contribution >= 4 is 39.2 Å². The van der Waals surface area contributed by atoms with E-state index in [1.54, 1.807) is 28.8 Å². The molecule has 3 heterocycles. The van der Waals surface area contributed by atoms with Crippen LogP contribution in [-0.4, -0.2) is 43.4 Å². The predicted octanol–water partition coefficient (Wildman–Crippen LogP) is 4.24. The molecule has 0 fully saturated rings. The maximum absolute atomic E-state index is 12.7. The number of carbonyl (C=O) groups excluding carboxylic acids is 1. The molecule has 1 amide bonds. The van der Waals surface area contributed by atoms with Crippen LogP contribution >= 0.6 is 23.1 Å². The van der Waals surface area contributed by atoms with Crippen LogP contribution in [0.5, 0.6) is 0 Å². The van der Waals surface area contributed by atoms with Gasteiger partial charge in [-0.15, -0.1) is 11.3 Å². The Bertz CT molecular complexity index is 1150. The van der Waals surface area contributed by atoms with E-state index in [0.29, 0.717) is 12.3 Å². The van der Waals surface area contributed by atoms with Crippen LogP contribution in [-0.2, 0) is 11.3 Å². The third-order valence-corrected chi connectivity index (χ3v) is 6.85. The molecule has 0 spiro atoms. The largest absolute Gasteiger partial charge is 0.341 e. The van der Waals surface area contributed by atoms with Crippen LogP contribution in [0.2, 0.25) is 0 Å². The number of hydrogen-bond acceptors (Lipinski definition) is 6. The van der Waals surface area contributed by atoms with Gasteiger partial charge in [-0.3, -0.25) is 4.79 Å². The third-order valence-electron chi connectivity index (χ3n) is 4.77. The Kier molecular flexibility index (Phi) is 5.64. The lowest BCUT2D eigenvalue weighted by atomic mass is 10.2. The quantitative estimate of drug-likeness (QED) is 0.343. The number of benzene rings is 1. The third kappa shape index (κ3) is 4.18. The lowest BCUT2D eigenvalue weighted by molar-refractivity contribution is -0.127. The fraction of sp³-hybridized carbons (Fsp3) is 0.238. The summed E-state index contributed by atoms with van der Waals surface area (Å²) in [6.07, 6.45) is 5.33. The van der Waals surface area contributed by atoms with E-state index in [9.17, 15) is 4.79 Å². The van der Waals surface area contributed by atoms with Gasteiger partial charge in [-0.05, 0) is 31.5 Å². The minimum atomic E-state index is 0.0545. The molecule has 0 bridgehead atoms. The lowest BCUT2D eigenvalue weighted by Crippen LogP contribution is -2.27. The molecular formula is C21H21N5OS2. The van der Waals surface area contributed by atoms with E-state index in [2.05, 4.69) is 28.9 Å². The van der Waals surface area contributed by atoms with Gasteiger partial charge in [0.1, 0.15) is 16.2 Å². The molecule has 0 radical (unpaired) electrons. The number of aryl methyl sites for hydroxylation is 2. The number of para-hydroxylation sites is 1. The molecule has 29 heavy (non-hydrogen) atoms. The summed E-state index contributed by atoms with van der Waals surface area (Å²) >= 11 is 3.14. The summed E-state index contributed by atoms with van der Waals surface area (Å²) in [7, 11) is 1.82. The summed E-state index contributed by atoms with van der Waals surface area (Å²) in [6, 6.07) is 9.93. The van der Waals surface area contributed by atoms with E-state index in [-0.39, 0.29) is 5.91 Å². The Morgan fingerprint density at radius 3 is 2.79 bits per heavy atom. The van der Waals surface area contributed by atoms with E-state index >= 15 is 0 Å². The molecule has 3 aromatic heterocycles. The number of nitrogens with zero attached hydrogens (tertiary/aromatic N) is 5. The highest BCUT2D eigenvalue weighted by Gasteiger charge is 2.16. The molecule has 0 aliphatic carbocycles. The number of carbonyl (C=O) groups is 1. The fourth-order valence-corrected chi connectivity index (χ4v) is 5.08. The second kappa shape index (κ2) is 8.34. The van der Waals surface area contributed by atoms with Gasteiger partial charge in [-0.25, -0.2) is 14.6 Å². The van der Waals surface area contributed by atoms with Crippen molar-refractivity contribution < 1.29 is 4.79 Å². The predicted molar refractivity (Wildman–Crippen MR) is 118 cm³/mol. The molecule has 0 aliphatic heterocycles. The number of thiophene rings is 1. The maximum atomic E-state index is 12.7. The number of fused-ring (bicyclic) bond motifs is 1. The fourth-order valence-electron chi connectivity index (χ4n) is 3.03. The van der Waals surface area contributed by atoms with Crippen LogP contribution in [0.15, 0.2) is 54.1 Å². The molecule has 1 aromatic carbocycles. The maximum Gasteiger partial charge on any atom is 0.233 e. The molecule has 0 N–H and O–H groups in total. The Labute approximate surface area is 177 Å². The highest BCUT2D eigenvalue weighted by molar-refractivity contribution is 8.00. The van der Waals surface area contributed by atoms with Crippen LogP contribution in [0.3, 0.4) is 0 Å². The van der Waals surface area contributed by atoms with Gasteiger partial charge >= 0.3 is 0 Å². The van der Waals surface area contributed by atoms with Crippen molar-refractivity contribution in [2.45, 2.75) is 25.4 Å². The van der Waals surface area contributed by atoms with E-state index in [1.807, 2.05) is 48.3 Å². The highest BCUT2D eigenvalue weighted by Crippen LogP contribution is 2.34. The van der Waals surface area contributed by atoms with Gasteiger partial charge in [-0.2, -0.15) is 5.10 Å². The average molecular weight is 424 g/mol. The van der Waals surface area contributed by atoms with Crippen molar-refractivity contribution in [1.82, 2.24) is 24.6 Å². The first-order chi connectivity index (χ1) is 14.0. The molecular weight excluding hydrogens is 402 g/mol. The summed E-state index contributed by atoms with van der Waals surface area (Å²) in [5, 5.41) is 6.34.